The van der Waals surface area contributed by atoms with E-state index in [0.717, 1.165) is 67.2 Å². The summed E-state index contributed by atoms with van der Waals surface area (Å²) in [4.78, 5) is 38.8. The Morgan fingerprint density at radius 2 is 1.38 bits per heavy atom. The van der Waals surface area contributed by atoms with Crippen molar-refractivity contribution in [2.45, 2.75) is 13.8 Å². The predicted octanol–water partition coefficient (Wildman–Crippen LogP) is 1.97. The second-order valence-corrected chi connectivity index (χ2v) is 8.34. The molecule has 1 aliphatic rings. The molecule has 2 heterocycles. The van der Waals surface area contributed by atoms with Crippen LogP contribution in [0.15, 0.2) is 42.5 Å². The number of aryl methyl sites for hydroxylation is 2. The van der Waals surface area contributed by atoms with Crippen LogP contribution in [0.3, 0.4) is 0 Å². The molecule has 1 aliphatic heterocycles. The number of carboxylic acid groups (broad SMARTS) is 4. The Bertz CT molecular complexity index is 1280. The third-order valence-electron chi connectivity index (χ3n) is 5.66. The summed E-state index contributed by atoms with van der Waals surface area (Å²) >= 11 is 0. The quantitative estimate of drug-likeness (QED) is 0.293. The van der Waals surface area contributed by atoms with Gasteiger partial charge in [-0.2, -0.15) is 0 Å². The first kappa shape index (κ1) is 30.6. The van der Waals surface area contributed by atoms with Crippen molar-refractivity contribution < 1.29 is 44.3 Å². The molecular formula is C26H30N4O9. The number of anilines is 1. The number of nitrogens with one attached hydrogen (secondary N) is 1. The fraction of sp³-hybridized carbons (Fsp3) is 0.308. The van der Waals surface area contributed by atoms with Crippen molar-refractivity contribution in [3.05, 3.63) is 53.6 Å². The van der Waals surface area contributed by atoms with Crippen molar-refractivity contribution in [3.63, 3.8) is 0 Å². The SMILES string of the molecule is Cc1ccc(-c2nnc(NCCN3CCOCC3)c3ccccc23)cc1C.O=C(O)C(=O)O.O=C(O)C(=O)O. The molecule has 0 saturated carbocycles. The second-order valence-electron chi connectivity index (χ2n) is 8.34. The Morgan fingerprint density at radius 3 is 1.92 bits per heavy atom. The van der Waals surface area contributed by atoms with E-state index in [1.165, 1.54) is 11.1 Å². The van der Waals surface area contributed by atoms with Crippen molar-refractivity contribution in [1.29, 1.82) is 0 Å². The average molecular weight is 543 g/mol. The van der Waals surface area contributed by atoms with Crippen LogP contribution in [0.2, 0.25) is 0 Å². The number of carboxylic acids is 4. The van der Waals surface area contributed by atoms with E-state index in [1.807, 2.05) is 0 Å². The summed E-state index contributed by atoms with van der Waals surface area (Å²) in [6.07, 6.45) is 0. The lowest BCUT2D eigenvalue weighted by atomic mass is 10.0. The van der Waals surface area contributed by atoms with Gasteiger partial charge in [0.1, 0.15) is 5.69 Å². The van der Waals surface area contributed by atoms with Gasteiger partial charge in [-0.15, -0.1) is 10.2 Å². The fourth-order valence-corrected chi connectivity index (χ4v) is 3.49. The smallest absolute Gasteiger partial charge is 0.414 e. The predicted molar refractivity (Wildman–Crippen MR) is 141 cm³/mol. The lowest BCUT2D eigenvalue weighted by Gasteiger charge is -2.26. The molecule has 0 atom stereocenters. The molecule has 4 rings (SSSR count). The Kier molecular flexibility index (Phi) is 11.7. The number of carbonyl (C=O) groups is 4. The highest BCUT2D eigenvalue weighted by Gasteiger charge is 2.13. The van der Waals surface area contributed by atoms with Crippen LogP contribution in [0.1, 0.15) is 11.1 Å². The number of benzene rings is 2. The Labute approximate surface area is 223 Å². The fourth-order valence-electron chi connectivity index (χ4n) is 3.49. The Morgan fingerprint density at radius 1 is 0.821 bits per heavy atom. The summed E-state index contributed by atoms with van der Waals surface area (Å²) in [5.74, 6) is -6.44. The largest absolute Gasteiger partial charge is 0.473 e. The number of ether oxygens (including phenoxy) is 1. The van der Waals surface area contributed by atoms with Gasteiger partial charge in [-0.25, -0.2) is 19.2 Å². The molecule has 0 unspecified atom stereocenters. The van der Waals surface area contributed by atoms with E-state index >= 15 is 0 Å². The van der Waals surface area contributed by atoms with E-state index in [-0.39, 0.29) is 0 Å². The summed E-state index contributed by atoms with van der Waals surface area (Å²) in [5.41, 5.74) is 4.61. The van der Waals surface area contributed by atoms with Crippen LogP contribution in [-0.4, -0.2) is 98.8 Å². The number of aliphatic carboxylic acids is 4. The molecule has 13 nitrogen and oxygen atoms in total. The number of aromatic nitrogens is 2. The maximum atomic E-state index is 9.10. The van der Waals surface area contributed by atoms with E-state index < -0.39 is 23.9 Å². The minimum absolute atomic E-state index is 0.827. The lowest BCUT2D eigenvalue weighted by molar-refractivity contribution is -0.159. The first-order valence-corrected chi connectivity index (χ1v) is 11.8. The monoisotopic (exact) mass is 542 g/mol. The third-order valence-corrected chi connectivity index (χ3v) is 5.66. The molecule has 39 heavy (non-hydrogen) atoms. The van der Waals surface area contributed by atoms with Crippen LogP contribution in [0.4, 0.5) is 5.82 Å². The standard InChI is InChI=1S/C22H26N4O.2C2H2O4/c1-16-7-8-18(15-17(16)2)21-19-5-3-4-6-20(19)22(25-24-21)23-9-10-26-11-13-27-14-12-26;2*3-1(4)2(5)6/h3-8,15H,9-14H2,1-2H3,(H,23,25);2*(H,3,4)(H,5,6). The highest BCUT2D eigenvalue weighted by atomic mass is 16.5. The van der Waals surface area contributed by atoms with Gasteiger partial charge in [-0.05, 0) is 31.0 Å². The zero-order valence-corrected chi connectivity index (χ0v) is 21.5. The summed E-state index contributed by atoms with van der Waals surface area (Å²) in [6, 6.07) is 14.8. The summed E-state index contributed by atoms with van der Waals surface area (Å²) in [6.45, 7) is 9.75. The second kappa shape index (κ2) is 15.0. The molecule has 1 aromatic heterocycles. The maximum Gasteiger partial charge on any atom is 0.414 e. The van der Waals surface area contributed by atoms with Crippen molar-refractivity contribution in [3.8, 4) is 11.3 Å². The zero-order chi connectivity index (χ0) is 28.9. The van der Waals surface area contributed by atoms with Crippen molar-refractivity contribution in [2.75, 3.05) is 44.7 Å². The molecule has 1 fully saturated rings. The minimum Gasteiger partial charge on any atom is -0.473 e. The number of morpholine rings is 1. The van der Waals surface area contributed by atoms with Gasteiger partial charge in [-0.3, -0.25) is 4.90 Å². The molecule has 0 spiro atoms. The highest BCUT2D eigenvalue weighted by Crippen LogP contribution is 2.30. The van der Waals surface area contributed by atoms with Crippen LogP contribution < -0.4 is 5.32 Å². The summed E-state index contributed by atoms with van der Waals surface area (Å²) < 4.78 is 5.41. The average Bonchev–Trinajstić information content (AvgIpc) is 2.91. The molecule has 13 heteroatoms. The molecule has 208 valence electrons. The van der Waals surface area contributed by atoms with Crippen molar-refractivity contribution >= 4 is 40.5 Å². The van der Waals surface area contributed by atoms with Gasteiger partial charge in [0.25, 0.3) is 0 Å². The molecule has 5 N–H and O–H groups in total. The van der Waals surface area contributed by atoms with E-state index in [4.69, 9.17) is 44.3 Å². The van der Waals surface area contributed by atoms with Gasteiger partial charge in [0.15, 0.2) is 5.82 Å². The molecule has 0 bridgehead atoms. The Hall–Kier alpha value is -4.62. The number of rotatable bonds is 5. The van der Waals surface area contributed by atoms with Gasteiger partial charge in [0.05, 0.1) is 13.2 Å². The molecular weight excluding hydrogens is 512 g/mol. The van der Waals surface area contributed by atoms with Gasteiger partial charge < -0.3 is 30.5 Å². The molecule has 0 radical (unpaired) electrons. The molecule has 1 saturated heterocycles. The molecule has 0 amide bonds. The van der Waals surface area contributed by atoms with Gasteiger partial charge in [0.2, 0.25) is 0 Å². The highest BCUT2D eigenvalue weighted by molar-refractivity contribution is 6.27. The molecule has 2 aromatic carbocycles. The first-order chi connectivity index (χ1) is 18.5. The topological polar surface area (TPSA) is 199 Å². The van der Waals surface area contributed by atoms with Crippen molar-refractivity contribution in [2.24, 2.45) is 0 Å². The van der Waals surface area contributed by atoms with Gasteiger partial charge in [0, 0.05) is 42.5 Å². The number of hydrogen-bond donors (Lipinski definition) is 5. The van der Waals surface area contributed by atoms with Crippen LogP contribution in [0, 0.1) is 13.8 Å². The first-order valence-electron chi connectivity index (χ1n) is 11.8. The third kappa shape index (κ3) is 9.64. The number of hydrogen-bond acceptors (Lipinski definition) is 9. The lowest BCUT2D eigenvalue weighted by Crippen LogP contribution is -2.39. The van der Waals surface area contributed by atoms with E-state index in [0.29, 0.717) is 0 Å². The van der Waals surface area contributed by atoms with E-state index in [1.54, 1.807) is 0 Å². The summed E-state index contributed by atoms with van der Waals surface area (Å²) in [5, 5.41) is 44.4. The van der Waals surface area contributed by atoms with Crippen LogP contribution in [0.5, 0.6) is 0 Å². The summed E-state index contributed by atoms with van der Waals surface area (Å²) in [7, 11) is 0. The van der Waals surface area contributed by atoms with Crippen LogP contribution in [0.25, 0.3) is 22.0 Å². The van der Waals surface area contributed by atoms with Crippen LogP contribution >= 0.6 is 0 Å². The number of nitrogens with zero attached hydrogens (tertiary/aromatic N) is 3. The maximum absolute atomic E-state index is 9.10. The van der Waals surface area contributed by atoms with Gasteiger partial charge in [-0.1, -0.05) is 36.4 Å². The normalized spacial score (nSPS) is 12.8. The van der Waals surface area contributed by atoms with E-state index in [9.17, 15) is 0 Å². The molecule has 0 aliphatic carbocycles. The zero-order valence-electron chi connectivity index (χ0n) is 21.5. The van der Waals surface area contributed by atoms with Crippen molar-refractivity contribution in [1.82, 2.24) is 15.1 Å². The van der Waals surface area contributed by atoms with Crippen LogP contribution in [-0.2, 0) is 23.9 Å². The van der Waals surface area contributed by atoms with Gasteiger partial charge >= 0.3 is 23.9 Å². The minimum atomic E-state index is -1.82. The molecule has 3 aromatic rings. The van der Waals surface area contributed by atoms with E-state index in [2.05, 4.69) is 76.7 Å². The Balaban J connectivity index is 0.000000374. The number of fused-ring (bicyclic) bond motifs is 1.